The van der Waals surface area contributed by atoms with Gasteiger partial charge in [-0.2, -0.15) is 0 Å². The number of unbranched alkanes of at least 4 members (excludes halogenated alkanes) is 37. The van der Waals surface area contributed by atoms with Gasteiger partial charge in [-0.05, 0) is 63.2 Å². The van der Waals surface area contributed by atoms with Gasteiger partial charge < -0.3 is 33.8 Å². The maximum Gasteiger partial charge on any atom is 0.472 e. The van der Waals surface area contributed by atoms with Gasteiger partial charge in [0, 0.05) is 25.7 Å². The number of phosphoric ester groups is 2. The third-order valence-corrected chi connectivity index (χ3v) is 18.8. The largest absolute Gasteiger partial charge is 0.472 e. The van der Waals surface area contributed by atoms with Crippen LogP contribution in [0.5, 0.6) is 0 Å². The molecule has 93 heavy (non-hydrogen) atoms. The van der Waals surface area contributed by atoms with Crippen LogP contribution in [0.1, 0.15) is 356 Å². The summed E-state index contributed by atoms with van der Waals surface area (Å²) >= 11 is 0. The SMILES string of the molecule is CCCCCC/C=C\C=C/CCCCCCCC(=O)O[C@H](COC(=O)CCCCCCCCCCCCC(C)CC)COP(=O)(O)OC[C@@H](O)COP(=O)(O)OC[C@@H](COC(=O)CCCCCCCCCCCCC)OC(=O)CCCCCCCCCCCCC(C)C. The molecule has 0 rings (SSSR count). The van der Waals surface area contributed by atoms with E-state index in [1.54, 1.807) is 0 Å². The van der Waals surface area contributed by atoms with E-state index in [0.29, 0.717) is 25.7 Å². The minimum atomic E-state index is -4.96. The van der Waals surface area contributed by atoms with Gasteiger partial charge in [-0.1, -0.05) is 303 Å². The van der Waals surface area contributed by atoms with Crippen molar-refractivity contribution in [3.63, 3.8) is 0 Å². The maximum absolute atomic E-state index is 13.1. The predicted octanol–water partition coefficient (Wildman–Crippen LogP) is 21.1. The molecule has 0 amide bonds. The van der Waals surface area contributed by atoms with Crippen LogP contribution in [0.2, 0.25) is 0 Å². The average Bonchev–Trinajstić information content (AvgIpc) is 2.51. The number of allylic oxidation sites excluding steroid dienone is 4. The first-order valence-electron chi connectivity index (χ1n) is 37.8. The Morgan fingerprint density at radius 1 is 0.355 bits per heavy atom. The van der Waals surface area contributed by atoms with Gasteiger partial charge >= 0.3 is 39.5 Å². The van der Waals surface area contributed by atoms with E-state index in [9.17, 15) is 43.2 Å². The van der Waals surface area contributed by atoms with Crippen molar-refractivity contribution in [3.8, 4) is 0 Å². The quantitative estimate of drug-likeness (QED) is 0.0169. The van der Waals surface area contributed by atoms with Crippen LogP contribution in [-0.2, 0) is 65.4 Å². The molecule has 0 aliphatic heterocycles. The highest BCUT2D eigenvalue weighted by Crippen LogP contribution is 2.45. The van der Waals surface area contributed by atoms with E-state index in [2.05, 4.69) is 65.8 Å². The average molecular weight is 1360 g/mol. The minimum Gasteiger partial charge on any atom is -0.462 e. The Morgan fingerprint density at radius 3 is 0.968 bits per heavy atom. The molecule has 0 aliphatic carbocycles. The number of ether oxygens (including phenoxy) is 4. The Kier molecular flexibility index (Phi) is 63.7. The van der Waals surface area contributed by atoms with E-state index < -0.39 is 97.5 Å². The lowest BCUT2D eigenvalue weighted by atomic mass is 9.99. The van der Waals surface area contributed by atoms with E-state index in [1.165, 1.54) is 161 Å². The molecule has 0 fully saturated rings. The van der Waals surface area contributed by atoms with E-state index in [0.717, 1.165) is 115 Å². The molecule has 548 valence electrons. The van der Waals surface area contributed by atoms with Crippen molar-refractivity contribution < 1.29 is 80.2 Å². The monoisotopic (exact) mass is 1360 g/mol. The standard InChI is InChI=1S/C74H140O17P2/c1-7-10-12-14-16-18-20-21-22-23-25-34-40-46-52-58-73(78)90-69(63-85-72(77)57-51-45-39-33-29-27-31-37-43-49-55-67(6)9-3)64-88-92(80,81)86-60-68(75)61-87-93(82,83)89-65-70(62-84-71(76)56-50-44-38-32-24-19-17-15-13-11-8-2)91-74(79)59-53-47-41-35-28-26-30-36-42-48-54-66(4)5/h18,20-22,66-70,75H,7-17,19,23-65H2,1-6H3,(H,80,81)(H,82,83)/b20-18-,22-21-/t67?,68-,69-,70-/m1/s1. The number of carbonyl (C=O) groups is 4. The first kappa shape index (κ1) is 90.5. The molecule has 0 heterocycles. The number of rotatable bonds is 71. The van der Waals surface area contributed by atoms with Crippen molar-refractivity contribution in [3.05, 3.63) is 24.3 Å². The van der Waals surface area contributed by atoms with E-state index >= 15 is 0 Å². The van der Waals surface area contributed by atoms with Crippen LogP contribution in [0, 0.1) is 11.8 Å². The number of hydrogen-bond donors (Lipinski definition) is 3. The first-order valence-corrected chi connectivity index (χ1v) is 40.8. The summed E-state index contributed by atoms with van der Waals surface area (Å²) in [5, 5.41) is 10.6. The molecule has 0 saturated heterocycles. The van der Waals surface area contributed by atoms with Crippen LogP contribution in [0.4, 0.5) is 0 Å². The van der Waals surface area contributed by atoms with Gasteiger partial charge in [0.2, 0.25) is 0 Å². The third kappa shape index (κ3) is 66.6. The Morgan fingerprint density at radius 2 is 0.634 bits per heavy atom. The second-order valence-corrected chi connectivity index (χ2v) is 29.6. The number of aliphatic hydroxyl groups excluding tert-OH is 1. The highest BCUT2D eigenvalue weighted by Gasteiger charge is 2.30. The molecular formula is C74H140O17P2. The number of phosphoric acid groups is 2. The molecule has 0 saturated carbocycles. The Balaban J connectivity index is 5.30. The molecule has 0 radical (unpaired) electrons. The van der Waals surface area contributed by atoms with Crippen LogP contribution in [0.3, 0.4) is 0 Å². The lowest BCUT2D eigenvalue weighted by Crippen LogP contribution is -2.30. The second-order valence-electron chi connectivity index (χ2n) is 26.7. The van der Waals surface area contributed by atoms with Crippen molar-refractivity contribution in [1.82, 2.24) is 0 Å². The number of aliphatic hydroxyl groups is 1. The number of esters is 4. The van der Waals surface area contributed by atoms with Crippen LogP contribution < -0.4 is 0 Å². The fraction of sp³-hybridized carbons (Fsp3) is 0.892. The molecule has 0 bridgehead atoms. The summed E-state index contributed by atoms with van der Waals surface area (Å²) < 4.78 is 68.4. The summed E-state index contributed by atoms with van der Waals surface area (Å²) in [4.78, 5) is 72.7. The van der Waals surface area contributed by atoms with E-state index in [1.807, 2.05) is 0 Å². The van der Waals surface area contributed by atoms with Gasteiger partial charge in [0.1, 0.15) is 19.3 Å². The van der Waals surface area contributed by atoms with Gasteiger partial charge in [-0.25, -0.2) is 9.13 Å². The zero-order chi connectivity index (χ0) is 68.6. The fourth-order valence-electron chi connectivity index (χ4n) is 10.7. The smallest absolute Gasteiger partial charge is 0.462 e. The van der Waals surface area contributed by atoms with Crippen molar-refractivity contribution in [1.29, 1.82) is 0 Å². The van der Waals surface area contributed by atoms with Crippen molar-refractivity contribution in [2.45, 2.75) is 374 Å². The van der Waals surface area contributed by atoms with Gasteiger partial charge in [0.15, 0.2) is 12.2 Å². The summed E-state index contributed by atoms with van der Waals surface area (Å²) in [7, 11) is -9.92. The Hall–Kier alpha value is -2.46. The van der Waals surface area contributed by atoms with Crippen molar-refractivity contribution in [2.75, 3.05) is 39.6 Å². The van der Waals surface area contributed by atoms with Crippen molar-refractivity contribution >= 4 is 39.5 Å². The van der Waals surface area contributed by atoms with E-state index in [-0.39, 0.29) is 25.7 Å². The summed E-state index contributed by atoms with van der Waals surface area (Å²) in [6.07, 6.45) is 54.7. The fourth-order valence-corrected chi connectivity index (χ4v) is 12.3. The maximum atomic E-state index is 13.1. The molecule has 0 aromatic rings. The summed E-state index contributed by atoms with van der Waals surface area (Å²) in [5.74, 6) is -0.591. The molecule has 6 atom stereocenters. The number of carbonyl (C=O) groups excluding carboxylic acids is 4. The topological polar surface area (TPSA) is 237 Å². The lowest BCUT2D eigenvalue weighted by Gasteiger charge is -2.21. The van der Waals surface area contributed by atoms with Crippen LogP contribution >= 0.6 is 15.6 Å². The van der Waals surface area contributed by atoms with Crippen LogP contribution in [0.15, 0.2) is 24.3 Å². The molecule has 0 aliphatic rings. The zero-order valence-corrected chi connectivity index (χ0v) is 61.8. The van der Waals surface area contributed by atoms with Crippen LogP contribution in [-0.4, -0.2) is 96.7 Å². The highest BCUT2D eigenvalue weighted by molar-refractivity contribution is 7.47. The third-order valence-electron chi connectivity index (χ3n) is 16.9. The molecule has 17 nitrogen and oxygen atoms in total. The second kappa shape index (κ2) is 65.5. The Bertz CT molecular complexity index is 1900. The lowest BCUT2D eigenvalue weighted by molar-refractivity contribution is -0.161. The summed E-state index contributed by atoms with van der Waals surface area (Å²) in [5.41, 5.74) is 0. The summed E-state index contributed by atoms with van der Waals surface area (Å²) in [6.45, 7) is 9.52. The molecule has 0 aromatic carbocycles. The zero-order valence-electron chi connectivity index (χ0n) is 60.0. The van der Waals surface area contributed by atoms with Gasteiger partial charge in [0.25, 0.3) is 0 Å². The van der Waals surface area contributed by atoms with Gasteiger partial charge in [-0.15, -0.1) is 0 Å². The molecule has 19 heteroatoms. The van der Waals surface area contributed by atoms with Gasteiger partial charge in [-0.3, -0.25) is 37.3 Å². The first-order chi connectivity index (χ1) is 44.9. The number of hydrogen-bond acceptors (Lipinski definition) is 15. The molecular weight excluding hydrogens is 1220 g/mol. The molecule has 0 spiro atoms. The van der Waals surface area contributed by atoms with Crippen LogP contribution in [0.25, 0.3) is 0 Å². The van der Waals surface area contributed by atoms with E-state index in [4.69, 9.17) is 37.0 Å². The molecule has 3 N–H and O–H groups in total. The summed E-state index contributed by atoms with van der Waals surface area (Å²) in [6, 6.07) is 0. The Labute approximate surface area is 567 Å². The molecule has 0 aromatic heterocycles. The van der Waals surface area contributed by atoms with Gasteiger partial charge in [0.05, 0.1) is 26.4 Å². The minimum absolute atomic E-state index is 0.0848. The molecule has 3 unspecified atom stereocenters. The highest BCUT2D eigenvalue weighted by atomic mass is 31.2. The van der Waals surface area contributed by atoms with Crippen molar-refractivity contribution in [2.24, 2.45) is 11.8 Å². The predicted molar refractivity (Wildman–Crippen MR) is 377 cm³/mol. The normalized spacial score (nSPS) is 14.5.